The van der Waals surface area contributed by atoms with E-state index in [-0.39, 0.29) is 17.4 Å². The van der Waals surface area contributed by atoms with Crippen LogP contribution in [0.1, 0.15) is 23.2 Å². The van der Waals surface area contributed by atoms with Crippen LogP contribution in [-0.2, 0) is 0 Å². The molecular formula is C24H25FN4O4. The zero-order chi connectivity index (χ0) is 23.2. The van der Waals surface area contributed by atoms with Gasteiger partial charge in [0.2, 0.25) is 5.88 Å². The molecule has 1 aliphatic carbocycles. The lowest BCUT2D eigenvalue weighted by Gasteiger charge is -2.38. The summed E-state index contributed by atoms with van der Waals surface area (Å²) in [6.45, 7) is 1.56. The van der Waals surface area contributed by atoms with Crippen LogP contribution >= 0.6 is 0 Å². The second kappa shape index (κ2) is 8.26. The highest BCUT2D eigenvalue weighted by Gasteiger charge is 2.50. The molecule has 1 saturated carbocycles. The SMILES string of the molecule is Nc1cc(-c2cccc(-c3ccc(C(=O)N4CCN(C(O)C5(O)CC5)CC4)c(F)c3)c2)no1. The van der Waals surface area contributed by atoms with E-state index in [2.05, 4.69) is 5.16 Å². The van der Waals surface area contributed by atoms with E-state index in [1.54, 1.807) is 21.9 Å². The zero-order valence-electron chi connectivity index (χ0n) is 17.9. The topological polar surface area (TPSA) is 116 Å². The van der Waals surface area contributed by atoms with E-state index in [1.807, 2.05) is 24.3 Å². The average molecular weight is 452 g/mol. The summed E-state index contributed by atoms with van der Waals surface area (Å²) in [4.78, 5) is 16.3. The molecule has 2 fully saturated rings. The van der Waals surface area contributed by atoms with Gasteiger partial charge in [0.05, 0.1) is 5.56 Å². The van der Waals surface area contributed by atoms with Gasteiger partial charge < -0.3 is 25.4 Å². The molecule has 1 atom stereocenters. The van der Waals surface area contributed by atoms with Crippen LogP contribution in [0.4, 0.5) is 10.3 Å². The minimum absolute atomic E-state index is 0.00833. The van der Waals surface area contributed by atoms with Crippen LogP contribution in [0, 0.1) is 5.82 Å². The van der Waals surface area contributed by atoms with Crippen LogP contribution in [0.5, 0.6) is 0 Å². The number of benzene rings is 2. The predicted octanol–water partition coefficient (Wildman–Crippen LogP) is 2.33. The van der Waals surface area contributed by atoms with Crippen LogP contribution in [0.15, 0.2) is 53.1 Å². The van der Waals surface area contributed by atoms with E-state index >= 15 is 0 Å². The van der Waals surface area contributed by atoms with Gasteiger partial charge in [0, 0.05) is 37.8 Å². The lowest BCUT2D eigenvalue weighted by Crippen LogP contribution is -2.55. The fourth-order valence-corrected chi connectivity index (χ4v) is 4.22. The molecule has 1 aliphatic heterocycles. The van der Waals surface area contributed by atoms with Crippen molar-refractivity contribution in [3.05, 3.63) is 59.9 Å². The molecule has 5 rings (SSSR count). The van der Waals surface area contributed by atoms with Gasteiger partial charge in [0.25, 0.3) is 5.91 Å². The first-order valence-corrected chi connectivity index (χ1v) is 10.9. The fourth-order valence-electron chi connectivity index (χ4n) is 4.22. The highest BCUT2D eigenvalue weighted by molar-refractivity contribution is 5.95. The summed E-state index contributed by atoms with van der Waals surface area (Å²) < 4.78 is 19.9. The maximum atomic E-state index is 15.0. The van der Waals surface area contributed by atoms with Gasteiger partial charge in [-0.3, -0.25) is 9.69 Å². The summed E-state index contributed by atoms with van der Waals surface area (Å²) in [6, 6.07) is 13.6. The summed E-state index contributed by atoms with van der Waals surface area (Å²) in [5, 5.41) is 24.3. The number of carbonyl (C=O) groups excluding carboxylic acids is 1. The van der Waals surface area contributed by atoms with Crippen LogP contribution in [-0.4, -0.2) is 69.1 Å². The molecule has 1 unspecified atom stereocenters. The Morgan fingerprint density at radius 2 is 1.76 bits per heavy atom. The Hall–Kier alpha value is -3.27. The number of aliphatic hydroxyl groups excluding tert-OH is 1. The molecule has 4 N–H and O–H groups in total. The minimum atomic E-state index is -1.02. The number of hydrogen-bond acceptors (Lipinski definition) is 7. The molecule has 9 heteroatoms. The van der Waals surface area contributed by atoms with E-state index in [0.29, 0.717) is 50.3 Å². The molecule has 2 heterocycles. The van der Waals surface area contributed by atoms with Crippen molar-refractivity contribution in [2.24, 2.45) is 0 Å². The number of rotatable bonds is 5. The number of halogens is 1. The highest BCUT2D eigenvalue weighted by atomic mass is 19.1. The maximum Gasteiger partial charge on any atom is 0.256 e. The minimum Gasteiger partial charge on any atom is -0.386 e. The molecule has 0 bridgehead atoms. The van der Waals surface area contributed by atoms with Gasteiger partial charge >= 0.3 is 0 Å². The number of piperazine rings is 1. The first kappa shape index (κ1) is 21.6. The van der Waals surface area contributed by atoms with Crippen LogP contribution < -0.4 is 5.73 Å². The van der Waals surface area contributed by atoms with Gasteiger partial charge in [-0.15, -0.1) is 0 Å². The van der Waals surface area contributed by atoms with Crippen LogP contribution in [0.25, 0.3) is 22.4 Å². The third-order valence-electron chi connectivity index (χ3n) is 6.41. The maximum absolute atomic E-state index is 15.0. The molecule has 0 radical (unpaired) electrons. The van der Waals surface area contributed by atoms with E-state index in [0.717, 1.165) is 11.1 Å². The number of anilines is 1. The normalized spacial score (nSPS) is 18.8. The molecule has 172 valence electrons. The lowest BCUT2D eigenvalue weighted by molar-refractivity contribution is -0.108. The summed E-state index contributed by atoms with van der Waals surface area (Å²) in [6.07, 6.45) is 0.246. The molecule has 2 aliphatic rings. The molecule has 1 amide bonds. The Balaban J connectivity index is 1.29. The van der Waals surface area contributed by atoms with Crippen molar-refractivity contribution in [3.8, 4) is 22.4 Å². The molecule has 3 aromatic rings. The second-order valence-corrected chi connectivity index (χ2v) is 8.70. The number of aliphatic hydroxyl groups is 2. The van der Waals surface area contributed by atoms with Gasteiger partial charge in [-0.25, -0.2) is 4.39 Å². The van der Waals surface area contributed by atoms with Crippen molar-refractivity contribution >= 4 is 11.8 Å². The average Bonchev–Trinajstić information content (AvgIpc) is 3.44. The Bertz CT molecular complexity index is 1180. The molecule has 2 aromatic carbocycles. The van der Waals surface area contributed by atoms with Gasteiger partial charge in [0.1, 0.15) is 23.3 Å². The molecule has 33 heavy (non-hydrogen) atoms. The molecule has 0 spiro atoms. The van der Waals surface area contributed by atoms with Gasteiger partial charge in [-0.1, -0.05) is 29.4 Å². The van der Waals surface area contributed by atoms with Gasteiger partial charge in [0.15, 0.2) is 0 Å². The second-order valence-electron chi connectivity index (χ2n) is 8.70. The van der Waals surface area contributed by atoms with E-state index in [1.165, 1.54) is 12.1 Å². The number of nitrogen functional groups attached to an aromatic ring is 1. The van der Waals surface area contributed by atoms with Crippen molar-refractivity contribution in [2.45, 2.75) is 24.7 Å². The zero-order valence-corrected chi connectivity index (χ0v) is 17.9. The van der Waals surface area contributed by atoms with Crippen molar-refractivity contribution in [1.29, 1.82) is 0 Å². The molecule has 8 nitrogen and oxygen atoms in total. The molecular weight excluding hydrogens is 427 g/mol. The van der Waals surface area contributed by atoms with Gasteiger partial charge in [-0.2, -0.15) is 0 Å². The number of nitrogens with zero attached hydrogens (tertiary/aromatic N) is 3. The van der Waals surface area contributed by atoms with Crippen molar-refractivity contribution in [1.82, 2.24) is 15.0 Å². The Morgan fingerprint density at radius 1 is 1.06 bits per heavy atom. The largest absolute Gasteiger partial charge is 0.386 e. The molecule has 1 saturated heterocycles. The Labute approximate surface area is 190 Å². The van der Waals surface area contributed by atoms with E-state index < -0.39 is 17.6 Å². The smallest absolute Gasteiger partial charge is 0.256 e. The summed E-state index contributed by atoms with van der Waals surface area (Å²) in [5.41, 5.74) is 7.35. The predicted molar refractivity (Wildman–Crippen MR) is 119 cm³/mol. The monoisotopic (exact) mass is 452 g/mol. The third-order valence-corrected chi connectivity index (χ3v) is 6.41. The standard InChI is InChI=1S/C24H25FN4O4/c25-19-13-16(15-2-1-3-17(12-15)20-14-21(26)33-27-20)4-5-18(19)22(30)28-8-10-29(11-9-28)23(31)24(32)6-7-24/h1-5,12-14,23,31-32H,6-11,26H2. The summed E-state index contributed by atoms with van der Waals surface area (Å²) in [7, 11) is 0. The number of carbonyl (C=O) groups is 1. The first-order valence-electron chi connectivity index (χ1n) is 10.9. The Morgan fingerprint density at radius 3 is 2.39 bits per heavy atom. The van der Waals surface area contributed by atoms with Gasteiger partial charge in [-0.05, 0) is 42.2 Å². The van der Waals surface area contributed by atoms with Crippen molar-refractivity contribution in [3.63, 3.8) is 0 Å². The first-order chi connectivity index (χ1) is 15.8. The summed E-state index contributed by atoms with van der Waals surface area (Å²) >= 11 is 0. The number of amides is 1. The number of hydrogen-bond donors (Lipinski definition) is 3. The lowest BCUT2D eigenvalue weighted by atomic mass is 10.00. The summed E-state index contributed by atoms with van der Waals surface area (Å²) in [5.74, 6) is -0.767. The quantitative estimate of drug-likeness (QED) is 0.544. The number of aromatic nitrogens is 1. The third kappa shape index (κ3) is 4.22. The van der Waals surface area contributed by atoms with Crippen LogP contribution in [0.3, 0.4) is 0 Å². The highest BCUT2D eigenvalue weighted by Crippen LogP contribution is 2.39. The van der Waals surface area contributed by atoms with E-state index in [9.17, 15) is 19.4 Å². The van der Waals surface area contributed by atoms with E-state index in [4.69, 9.17) is 10.3 Å². The number of nitrogens with two attached hydrogens (primary N) is 1. The fraction of sp³-hybridized carbons (Fsp3) is 0.333. The van der Waals surface area contributed by atoms with Crippen molar-refractivity contribution in [2.75, 3.05) is 31.9 Å². The molecule has 1 aromatic heterocycles. The van der Waals surface area contributed by atoms with Crippen molar-refractivity contribution < 1.29 is 23.9 Å². The Kier molecular flexibility index (Phi) is 5.40. The van der Waals surface area contributed by atoms with Crippen LogP contribution in [0.2, 0.25) is 0 Å².